The second-order valence-electron chi connectivity index (χ2n) is 4.93. The molecular weight excluding hydrogens is 376 g/mol. The van der Waals surface area contributed by atoms with Gasteiger partial charge in [-0.25, -0.2) is 0 Å². The van der Waals surface area contributed by atoms with Gasteiger partial charge in [0.2, 0.25) is 0 Å². The Morgan fingerprint density at radius 1 is 1.26 bits per heavy atom. The van der Waals surface area contributed by atoms with E-state index in [-0.39, 0.29) is 11.0 Å². The van der Waals surface area contributed by atoms with Gasteiger partial charge in [0.1, 0.15) is 5.75 Å². The van der Waals surface area contributed by atoms with E-state index in [9.17, 15) is 4.79 Å². The molecule has 0 radical (unpaired) electrons. The number of nitrogens with one attached hydrogen (secondary N) is 2. The molecule has 4 nitrogen and oxygen atoms in total. The molecule has 2 N–H and O–H groups in total. The second-order valence-corrected chi connectivity index (χ2v) is 6.25. The Balaban J connectivity index is 2.03. The van der Waals surface area contributed by atoms with E-state index in [1.165, 1.54) is 0 Å². The lowest BCUT2D eigenvalue weighted by Crippen LogP contribution is -2.39. The summed E-state index contributed by atoms with van der Waals surface area (Å²) in [5, 5.41) is 5.97. The summed E-state index contributed by atoms with van der Waals surface area (Å²) in [5.74, 6) is 0.230. The molecule has 2 aromatic carbocycles. The van der Waals surface area contributed by atoms with Crippen molar-refractivity contribution in [3.63, 3.8) is 0 Å². The first-order valence-electron chi connectivity index (χ1n) is 6.98. The molecule has 0 aliphatic carbocycles. The summed E-state index contributed by atoms with van der Waals surface area (Å²) in [5.41, 5.74) is 2.39. The highest BCUT2D eigenvalue weighted by Gasteiger charge is 2.16. The molecule has 0 saturated carbocycles. The molecule has 0 bridgehead atoms. The molecule has 0 heterocycles. The summed E-state index contributed by atoms with van der Waals surface area (Å²) in [6.07, 6.45) is 0. The standard InChI is InChI=1S/C17H17BrN2O2S/c1-11-8-13(18)9-14(15(11)22-2)16(21)20-17(23)19-10-12-6-4-3-5-7-12/h3-9H,10H2,1-2H3,(H2,19,20,21,23). The minimum atomic E-state index is -0.309. The number of carbonyl (C=O) groups is 1. The SMILES string of the molecule is COc1c(C)cc(Br)cc1C(=O)NC(=S)NCc1ccccc1. The van der Waals surface area contributed by atoms with Gasteiger partial charge in [0.15, 0.2) is 5.11 Å². The maximum Gasteiger partial charge on any atom is 0.261 e. The zero-order chi connectivity index (χ0) is 16.8. The van der Waals surface area contributed by atoms with Crippen molar-refractivity contribution in [2.45, 2.75) is 13.5 Å². The number of amides is 1. The molecule has 0 aliphatic rings. The molecular formula is C17H17BrN2O2S. The molecule has 0 aliphatic heterocycles. The number of halogens is 1. The van der Waals surface area contributed by atoms with Crippen molar-refractivity contribution in [3.8, 4) is 5.75 Å². The average molecular weight is 393 g/mol. The maximum absolute atomic E-state index is 12.4. The number of hydrogen-bond donors (Lipinski definition) is 2. The van der Waals surface area contributed by atoms with E-state index in [4.69, 9.17) is 17.0 Å². The van der Waals surface area contributed by atoms with Crippen molar-refractivity contribution in [1.29, 1.82) is 0 Å². The van der Waals surface area contributed by atoms with Crippen LogP contribution in [0.1, 0.15) is 21.5 Å². The van der Waals surface area contributed by atoms with Crippen molar-refractivity contribution in [1.82, 2.24) is 10.6 Å². The monoisotopic (exact) mass is 392 g/mol. The smallest absolute Gasteiger partial charge is 0.261 e. The maximum atomic E-state index is 12.4. The molecule has 0 unspecified atom stereocenters. The normalized spacial score (nSPS) is 10.0. The van der Waals surface area contributed by atoms with E-state index in [2.05, 4.69) is 26.6 Å². The number of carbonyl (C=O) groups excluding carboxylic acids is 1. The van der Waals surface area contributed by atoms with Crippen molar-refractivity contribution in [3.05, 3.63) is 63.6 Å². The zero-order valence-electron chi connectivity index (χ0n) is 12.9. The Morgan fingerprint density at radius 2 is 1.96 bits per heavy atom. The van der Waals surface area contributed by atoms with Crippen LogP contribution in [-0.4, -0.2) is 18.1 Å². The fraction of sp³-hybridized carbons (Fsp3) is 0.176. The number of benzene rings is 2. The third kappa shape index (κ3) is 4.77. The first-order valence-corrected chi connectivity index (χ1v) is 8.18. The number of hydrogen-bond acceptors (Lipinski definition) is 3. The highest BCUT2D eigenvalue weighted by atomic mass is 79.9. The number of rotatable bonds is 4. The lowest BCUT2D eigenvalue weighted by molar-refractivity contribution is 0.0973. The third-order valence-electron chi connectivity index (χ3n) is 3.21. The lowest BCUT2D eigenvalue weighted by atomic mass is 10.1. The van der Waals surface area contributed by atoms with Gasteiger partial charge >= 0.3 is 0 Å². The average Bonchev–Trinajstić information content (AvgIpc) is 2.53. The van der Waals surface area contributed by atoms with Gasteiger partial charge < -0.3 is 10.1 Å². The van der Waals surface area contributed by atoms with Crippen molar-refractivity contribution < 1.29 is 9.53 Å². The highest BCUT2D eigenvalue weighted by Crippen LogP contribution is 2.27. The minimum Gasteiger partial charge on any atom is -0.496 e. The Morgan fingerprint density at radius 3 is 2.61 bits per heavy atom. The van der Waals surface area contributed by atoms with E-state index < -0.39 is 0 Å². The van der Waals surface area contributed by atoms with Crippen LogP contribution >= 0.6 is 28.1 Å². The van der Waals surface area contributed by atoms with Crippen LogP contribution in [0, 0.1) is 6.92 Å². The summed E-state index contributed by atoms with van der Waals surface area (Å²) < 4.78 is 6.13. The molecule has 2 rings (SSSR count). The van der Waals surface area contributed by atoms with Gasteiger partial charge in [0.25, 0.3) is 5.91 Å². The number of ether oxygens (including phenoxy) is 1. The number of aryl methyl sites for hydroxylation is 1. The Bertz CT molecular complexity index is 720. The molecule has 0 aromatic heterocycles. The van der Waals surface area contributed by atoms with Crippen molar-refractivity contribution >= 4 is 39.2 Å². The summed E-state index contributed by atoms with van der Waals surface area (Å²) in [7, 11) is 1.54. The molecule has 120 valence electrons. The molecule has 0 fully saturated rings. The molecule has 1 amide bonds. The molecule has 23 heavy (non-hydrogen) atoms. The first-order chi connectivity index (χ1) is 11.0. The predicted octanol–water partition coefficient (Wildman–Crippen LogP) is 3.57. The van der Waals surface area contributed by atoms with Crippen LogP contribution in [0.4, 0.5) is 0 Å². The third-order valence-corrected chi connectivity index (χ3v) is 3.92. The minimum absolute atomic E-state index is 0.276. The van der Waals surface area contributed by atoms with E-state index >= 15 is 0 Å². The van der Waals surface area contributed by atoms with Crippen LogP contribution in [0.5, 0.6) is 5.75 Å². The van der Waals surface area contributed by atoms with Gasteiger partial charge in [-0.15, -0.1) is 0 Å². The number of thiocarbonyl (C=S) groups is 1. The fourth-order valence-electron chi connectivity index (χ4n) is 2.16. The molecule has 0 atom stereocenters. The molecule has 0 saturated heterocycles. The van der Waals surface area contributed by atoms with E-state index in [1.807, 2.05) is 43.3 Å². The summed E-state index contributed by atoms with van der Waals surface area (Å²) in [6.45, 7) is 2.43. The van der Waals surface area contributed by atoms with E-state index in [0.29, 0.717) is 17.9 Å². The van der Waals surface area contributed by atoms with Crippen LogP contribution in [-0.2, 0) is 6.54 Å². The van der Waals surface area contributed by atoms with Gasteiger partial charge in [-0.05, 0) is 42.4 Å². The first kappa shape index (κ1) is 17.4. The van der Waals surface area contributed by atoms with Crippen LogP contribution in [0.25, 0.3) is 0 Å². The Labute approximate surface area is 149 Å². The van der Waals surface area contributed by atoms with Crippen molar-refractivity contribution in [2.75, 3.05) is 7.11 Å². The van der Waals surface area contributed by atoms with Gasteiger partial charge in [-0.3, -0.25) is 10.1 Å². The zero-order valence-corrected chi connectivity index (χ0v) is 15.3. The Hall–Kier alpha value is -1.92. The summed E-state index contributed by atoms with van der Waals surface area (Å²) in [6, 6.07) is 13.4. The fourth-order valence-corrected chi connectivity index (χ4v) is 2.90. The van der Waals surface area contributed by atoms with Crippen LogP contribution in [0.2, 0.25) is 0 Å². The second kappa shape index (κ2) is 8.08. The van der Waals surface area contributed by atoms with Crippen LogP contribution in [0.15, 0.2) is 46.9 Å². The molecule has 6 heteroatoms. The van der Waals surface area contributed by atoms with Gasteiger partial charge in [-0.1, -0.05) is 46.3 Å². The number of methoxy groups -OCH3 is 1. The van der Waals surface area contributed by atoms with Gasteiger partial charge in [0.05, 0.1) is 12.7 Å². The molecule has 2 aromatic rings. The quantitative estimate of drug-likeness (QED) is 0.780. The Kier molecular flexibility index (Phi) is 6.12. The molecule has 0 spiro atoms. The summed E-state index contributed by atoms with van der Waals surface area (Å²) in [4.78, 5) is 12.4. The largest absolute Gasteiger partial charge is 0.496 e. The lowest BCUT2D eigenvalue weighted by Gasteiger charge is -2.13. The van der Waals surface area contributed by atoms with Gasteiger partial charge in [-0.2, -0.15) is 0 Å². The summed E-state index contributed by atoms with van der Waals surface area (Å²) >= 11 is 8.57. The topological polar surface area (TPSA) is 50.4 Å². The van der Waals surface area contributed by atoms with E-state index in [1.54, 1.807) is 13.2 Å². The van der Waals surface area contributed by atoms with Crippen molar-refractivity contribution in [2.24, 2.45) is 0 Å². The van der Waals surface area contributed by atoms with Gasteiger partial charge in [0, 0.05) is 11.0 Å². The van der Waals surface area contributed by atoms with Crippen LogP contribution in [0.3, 0.4) is 0 Å². The van der Waals surface area contributed by atoms with Crippen LogP contribution < -0.4 is 15.4 Å². The predicted molar refractivity (Wildman–Crippen MR) is 98.8 cm³/mol. The highest BCUT2D eigenvalue weighted by molar-refractivity contribution is 9.10. The van der Waals surface area contributed by atoms with E-state index in [0.717, 1.165) is 15.6 Å².